The third-order valence-electron chi connectivity index (χ3n) is 4.58. The Balaban J connectivity index is 2.00. The van der Waals surface area contributed by atoms with E-state index in [0.717, 1.165) is 49.9 Å². The average molecular weight is 319 g/mol. The number of hydrogen-bond acceptors (Lipinski definition) is 4. The molecule has 5 heteroatoms. The summed E-state index contributed by atoms with van der Waals surface area (Å²) in [4.78, 5) is 19.9. The molecule has 128 valence electrons. The van der Waals surface area contributed by atoms with Gasteiger partial charge < -0.3 is 14.9 Å². The zero-order chi connectivity index (χ0) is 16.7. The van der Waals surface area contributed by atoms with Crippen LogP contribution in [-0.4, -0.2) is 42.2 Å². The fraction of sp³-hybridized carbons (Fsp3) is 0.667. The highest BCUT2D eigenvalue weighted by atomic mass is 16.4. The first-order valence-corrected chi connectivity index (χ1v) is 8.78. The highest BCUT2D eigenvalue weighted by molar-refractivity contribution is 5.67. The minimum Gasteiger partial charge on any atom is -0.481 e. The van der Waals surface area contributed by atoms with Crippen molar-refractivity contribution in [3.63, 3.8) is 0 Å². The molecule has 0 saturated carbocycles. The number of anilines is 2. The molecular weight excluding hydrogens is 290 g/mol. The summed E-state index contributed by atoms with van der Waals surface area (Å²) in [6.45, 7) is 8.03. The maximum Gasteiger partial charge on any atom is 0.305 e. The predicted octanol–water partition coefficient (Wildman–Crippen LogP) is 3.40. The smallest absolute Gasteiger partial charge is 0.305 e. The number of nitrogens with zero attached hydrogens (tertiary/aromatic N) is 3. The Morgan fingerprint density at radius 1 is 1.35 bits per heavy atom. The van der Waals surface area contributed by atoms with Crippen LogP contribution in [0.2, 0.25) is 0 Å². The van der Waals surface area contributed by atoms with Gasteiger partial charge >= 0.3 is 5.97 Å². The summed E-state index contributed by atoms with van der Waals surface area (Å²) in [5.74, 6) is 1.10. The first kappa shape index (κ1) is 17.6. The van der Waals surface area contributed by atoms with E-state index in [4.69, 9.17) is 5.11 Å². The van der Waals surface area contributed by atoms with Crippen LogP contribution in [0.3, 0.4) is 0 Å². The molecule has 0 atom stereocenters. The number of aliphatic carboxylic acids is 1. The highest BCUT2D eigenvalue weighted by Crippen LogP contribution is 2.23. The van der Waals surface area contributed by atoms with Crippen LogP contribution in [0.25, 0.3) is 0 Å². The second-order valence-electron chi connectivity index (χ2n) is 6.53. The summed E-state index contributed by atoms with van der Waals surface area (Å²) in [5, 5.41) is 8.92. The van der Waals surface area contributed by atoms with Gasteiger partial charge in [0.05, 0.1) is 18.3 Å². The number of carbonyl (C=O) groups is 1. The Hall–Kier alpha value is -1.78. The quantitative estimate of drug-likeness (QED) is 0.796. The lowest BCUT2D eigenvalue weighted by Gasteiger charge is -2.31. The molecule has 0 amide bonds. The molecule has 1 aliphatic heterocycles. The number of carboxylic acid groups (broad SMARTS) is 1. The van der Waals surface area contributed by atoms with Crippen molar-refractivity contribution < 1.29 is 9.90 Å². The molecule has 2 heterocycles. The Labute approximate surface area is 139 Å². The summed E-state index contributed by atoms with van der Waals surface area (Å²) in [5.41, 5.74) is 1.02. The Bertz CT molecular complexity index is 482. The molecule has 2 rings (SSSR count). The minimum atomic E-state index is -0.751. The first-order valence-electron chi connectivity index (χ1n) is 8.78. The van der Waals surface area contributed by atoms with Crippen LogP contribution in [0, 0.1) is 5.92 Å². The van der Waals surface area contributed by atoms with Crippen LogP contribution < -0.4 is 9.80 Å². The molecule has 0 unspecified atom stereocenters. The van der Waals surface area contributed by atoms with Gasteiger partial charge in [-0.25, -0.2) is 4.98 Å². The second kappa shape index (κ2) is 8.75. The van der Waals surface area contributed by atoms with Crippen molar-refractivity contribution in [3.05, 3.63) is 18.3 Å². The molecule has 0 radical (unpaired) electrons. The van der Waals surface area contributed by atoms with Gasteiger partial charge in [-0.2, -0.15) is 0 Å². The van der Waals surface area contributed by atoms with Crippen LogP contribution >= 0.6 is 0 Å². The Morgan fingerprint density at radius 3 is 2.65 bits per heavy atom. The molecule has 23 heavy (non-hydrogen) atoms. The summed E-state index contributed by atoms with van der Waals surface area (Å²) in [6.07, 6.45) is 6.67. The molecule has 1 aliphatic rings. The summed E-state index contributed by atoms with van der Waals surface area (Å²) >= 11 is 0. The third kappa shape index (κ3) is 5.41. The minimum absolute atomic E-state index is 0.162. The topological polar surface area (TPSA) is 56.7 Å². The van der Waals surface area contributed by atoms with Crippen LogP contribution in [0.1, 0.15) is 46.0 Å². The van der Waals surface area contributed by atoms with Gasteiger partial charge in [0.2, 0.25) is 0 Å². The van der Waals surface area contributed by atoms with Gasteiger partial charge in [0.25, 0.3) is 0 Å². The molecule has 1 saturated heterocycles. The van der Waals surface area contributed by atoms with E-state index in [-0.39, 0.29) is 6.42 Å². The number of pyridine rings is 1. The number of unbranched alkanes of at least 4 members (excludes halogenated alkanes) is 1. The predicted molar refractivity (Wildman–Crippen MR) is 94.2 cm³/mol. The highest BCUT2D eigenvalue weighted by Gasteiger charge is 2.17. The van der Waals surface area contributed by atoms with E-state index in [1.807, 2.05) is 6.20 Å². The maximum atomic E-state index is 10.8. The van der Waals surface area contributed by atoms with Crippen molar-refractivity contribution in [2.45, 2.75) is 46.0 Å². The third-order valence-corrected chi connectivity index (χ3v) is 4.58. The Kier molecular flexibility index (Phi) is 6.68. The average Bonchev–Trinajstić information content (AvgIpc) is 2.56. The number of hydrogen-bond donors (Lipinski definition) is 1. The Morgan fingerprint density at radius 2 is 2.09 bits per heavy atom. The summed E-state index contributed by atoms with van der Waals surface area (Å²) < 4.78 is 0. The number of rotatable bonds is 8. The number of carboxylic acids is 1. The SMILES string of the molecule is CCCCN(CCC(=O)O)c1ccc(N2CCC(C)CC2)nc1. The maximum absolute atomic E-state index is 10.8. The molecular formula is C18H29N3O2. The number of piperidine rings is 1. The second-order valence-corrected chi connectivity index (χ2v) is 6.53. The van der Waals surface area contributed by atoms with Gasteiger partial charge in [-0.1, -0.05) is 20.3 Å². The number of aromatic nitrogens is 1. The van der Waals surface area contributed by atoms with Gasteiger partial charge in [-0.05, 0) is 37.3 Å². The summed E-state index contributed by atoms with van der Waals surface area (Å²) in [6, 6.07) is 4.16. The summed E-state index contributed by atoms with van der Waals surface area (Å²) in [7, 11) is 0. The van der Waals surface area contributed by atoms with Crippen LogP contribution in [-0.2, 0) is 4.79 Å². The lowest BCUT2D eigenvalue weighted by Crippen LogP contribution is -2.33. The van der Waals surface area contributed by atoms with Gasteiger partial charge in [-0.15, -0.1) is 0 Å². The van der Waals surface area contributed by atoms with Crippen LogP contribution in [0.4, 0.5) is 11.5 Å². The lowest BCUT2D eigenvalue weighted by molar-refractivity contribution is -0.136. The molecule has 1 N–H and O–H groups in total. The molecule has 1 fully saturated rings. The van der Waals surface area contributed by atoms with Gasteiger partial charge in [0.1, 0.15) is 5.82 Å². The van der Waals surface area contributed by atoms with Crippen molar-refractivity contribution in [2.75, 3.05) is 36.0 Å². The monoisotopic (exact) mass is 319 g/mol. The molecule has 1 aromatic rings. The van der Waals surface area contributed by atoms with E-state index in [0.29, 0.717) is 6.54 Å². The van der Waals surface area contributed by atoms with Crippen molar-refractivity contribution >= 4 is 17.5 Å². The van der Waals surface area contributed by atoms with Crippen molar-refractivity contribution in [1.82, 2.24) is 4.98 Å². The molecule has 0 aromatic carbocycles. The first-order chi connectivity index (χ1) is 11.1. The van der Waals surface area contributed by atoms with Gasteiger partial charge in [0, 0.05) is 26.2 Å². The van der Waals surface area contributed by atoms with E-state index in [2.05, 4.69) is 40.8 Å². The molecule has 5 nitrogen and oxygen atoms in total. The van der Waals surface area contributed by atoms with Crippen molar-refractivity contribution in [1.29, 1.82) is 0 Å². The normalized spacial score (nSPS) is 15.7. The zero-order valence-electron chi connectivity index (χ0n) is 14.4. The van der Waals surface area contributed by atoms with E-state index < -0.39 is 5.97 Å². The van der Waals surface area contributed by atoms with E-state index in [1.165, 1.54) is 12.8 Å². The fourth-order valence-electron chi connectivity index (χ4n) is 2.94. The van der Waals surface area contributed by atoms with E-state index in [9.17, 15) is 4.79 Å². The largest absolute Gasteiger partial charge is 0.481 e. The fourth-order valence-corrected chi connectivity index (χ4v) is 2.94. The van der Waals surface area contributed by atoms with E-state index in [1.54, 1.807) is 0 Å². The zero-order valence-corrected chi connectivity index (χ0v) is 14.4. The van der Waals surface area contributed by atoms with Crippen LogP contribution in [0.15, 0.2) is 18.3 Å². The molecule has 0 aliphatic carbocycles. The van der Waals surface area contributed by atoms with Gasteiger partial charge in [0.15, 0.2) is 0 Å². The lowest BCUT2D eigenvalue weighted by atomic mass is 9.99. The van der Waals surface area contributed by atoms with Crippen molar-refractivity contribution in [2.24, 2.45) is 5.92 Å². The molecule has 0 spiro atoms. The molecule has 0 bridgehead atoms. The van der Waals surface area contributed by atoms with Crippen LogP contribution in [0.5, 0.6) is 0 Å². The standard InChI is InChI=1S/C18H29N3O2/c1-3-4-10-20(13-9-18(22)23)16-5-6-17(19-14-16)21-11-7-15(2)8-12-21/h5-6,14-15H,3-4,7-13H2,1-2H3,(H,22,23). The molecule has 1 aromatic heterocycles. The van der Waals surface area contributed by atoms with Gasteiger partial charge in [-0.3, -0.25) is 4.79 Å². The van der Waals surface area contributed by atoms with E-state index >= 15 is 0 Å². The van der Waals surface area contributed by atoms with Crippen molar-refractivity contribution in [3.8, 4) is 0 Å².